The third-order valence-electron chi connectivity index (χ3n) is 3.43. The zero-order valence-corrected chi connectivity index (χ0v) is 14.3. The second-order valence-electron chi connectivity index (χ2n) is 5.40. The molecule has 0 saturated carbocycles. The first-order chi connectivity index (χ1) is 12.4. The van der Waals surface area contributed by atoms with Gasteiger partial charge in [0.05, 0.1) is 11.8 Å². The molecule has 3 rings (SSSR count). The number of furan rings is 1. The summed E-state index contributed by atoms with van der Waals surface area (Å²) in [7, 11) is 0. The van der Waals surface area contributed by atoms with Gasteiger partial charge in [0.25, 0.3) is 5.91 Å². The summed E-state index contributed by atoms with van der Waals surface area (Å²) in [6.07, 6.45) is 0. The van der Waals surface area contributed by atoms with E-state index >= 15 is 0 Å². The Kier molecular flexibility index (Phi) is 4.90. The lowest BCUT2D eigenvalue weighted by molar-refractivity contribution is -0.402. The number of nitrogens with zero attached hydrogens (tertiary/aromatic N) is 1. The van der Waals surface area contributed by atoms with Crippen molar-refractivity contribution in [3.63, 3.8) is 0 Å². The van der Waals surface area contributed by atoms with Crippen molar-refractivity contribution in [1.82, 2.24) is 0 Å². The Bertz CT molecular complexity index is 966. The fourth-order valence-electron chi connectivity index (χ4n) is 2.15. The molecule has 1 N–H and O–H groups in total. The quantitative estimate of drug-likeness (QED) is 0.491. The van der Waals surface area contributed by atoms with Gasteiger partial charge in [0.15, 0.2) is 11.5 Å². The van der Waals surface area contributed by atoms with Gasteiger partial charge in [0, 0.05) is 5.02 Å². The molecule has 7 nitrogen and oxygen atoms in total. The fourth-order valence-corrected chi connectivity index (χ4v) is 2.33. The van der Waals surface area contributed by atoms with E-state index in [-0.39, 0.29) is 5.76 Å². The Labute approximate surface area is 153 Å². The molecule has 1 amide bonds. The summed E-state index contributed by atoms with van der Waals surface area (Å²) in [6, 6.07) is 14.5. The molecule has 0 bridgehead atoms. The average Bonchev–Trinajstić information content (AvgIpc) is 3.10. The Morgan fingerprint density at radius 3 is 2.54 bits per heavy atom. The molecule has 0 radical (unpaired) electrons. The highest BCUT2D eigenvalue weighted by molar-refractivity contribution is 6.31. The molecule has 1 heterocycles. The predicted molar refractivity (Wildman–Crippen MR) is 96.0 cm³/mol. The van der Waals surface area contributed by atoms with Crippen LogP contribution in [0.25, 0.3) is 0 Å². The van der Waals surface area contributed by atoms with Gasteiger partial charge in [-0.05, 0) is 43.3 Å². The van der Waals surface area contributed by atoms with Crippen molar-refractivity contribution in [3.8, 4) is 11.5 Å². The van der Waals surface area contributed by atoms with Crippen molar-refractivity contribution in [2.45, 2.75) is 6.92 Å². The topological polar surface area (TPSA) is 94.6 Å². The van der Waals surface area contributed by atoms with E-state index in [1.54, 1.807) is 24.3 Å². The number of carbonyl (C=O) groups excluding carboxylic acids is 1. The predicted octanol–water partition coefficient (Wildman–Crippen LogP) is 5.19. The molecule has 0 aliphatic carbocycles. The average molecular weight is 373 g/mol. The number of hydrogen-bond donors (Lipinski definition) is 1. The van der Waals surface area contributed by atoms with Crippen LogP contribution in [0.4, 0.5) is 11.6 Å². The number of aryl methyl sites for hydroxylation is 1. The maximum Gasteiger partial charge on any atom is 0.433 e. The third kappa shape index (κ3) is 4.01. The van der Waals surface area contributed by atoms with E-state index in [4.69, 9.17) is 20.8 Å². The van der Waals surface area contributed by atoms with E-state index < -0.39 is 16.7 Å². The SMILES string of the molecule is Cc1ccc(Oc2ccc(Cl)cc2NC(=O)c2ccc([N+](=O)[O-])o2)cc1. The van der Waals surface area contributed by atoms with Gasteiger partial charge in [0.1, 0.15) is 10.7 Å². The number of hydrogen-bond acceptors (Lipinski definition) is 5. The molecule has 0 fully saturated rings. The molecule has 26 heavy (non-hydrogen) atoms. The minimum Gasteiger partial charge on any atom is -0.455 e. The van der Waals surface area contributed by atoms with Crippen molar-refractivity contribution in [2.75, 3.05) is 5.32 Å². The molecule has 132 valence electrons. The number of amides is 1. The summed E-state index contributed by atoms with van der Waals surface area (Å²) in [5.41, 5.74) is 1.39. The van der Waals surface area contributed by atoms with Crippen LogP contribution in [-0.4, -0.2) is 10.8 Å². The molecule has 3 aromatic rings. The monoisotopic (exact) mass is 372 g/mol. The zero-order valence-electron chi connectivity index (χ0n) is 13.6. The van der Waals surface area contributed by atoms with Crippen LogP contribution in [0.3, 0.4) is 0 Å². The fraction of sp³-hybridized carbons (Fsp3) is 0.0556. The Morgan fingerprint density at radius 2 is 1.88 bits per heavy atom. The van der Waals surface area contributed by atoms with Gasteiger partial charge in [0.2, 0.25) is 0 Å². The van der Waals surface area contributed by atoms with E-state index in [2.05, 4.69) is 5.32 Å². The van der Waals surface area contributed by atoms with E-state index in [1.165, 1.54) is 12.1 Å². The summed E-state index contributed by atoms with van der Waals surface area (Å²) in [5.74, 6) is -0.417. The molecule has 0 aliphatic heterocycles. The van der Waals surface area contributed by atoms with Crippen LogP contribution in [0.5, 0.6) is 11.5 Å². The number of carbonyl (C=O) groups is 1. The molecule has 0 atom stereocenters. The maximum absolute atomic E-state index is 12.3. The van der Waals surface area contributed by atoms with Crippen LogP contribution in [0.1, 0.15) is 16.1 Å². The summed E-state index contributed by atoms with van der Waals surface area (Å²) in [4.78, 5) is 22.2. The van der Waals surface area contributed by atoms with Gasteiger partial charge in [-0.15, -0.1) is 0 Å². The zero-order chi connectivity index (χ0) is 18.7. The standard InChI is InChI=1S/C18H13ClN2O5/c1-11-2-5-13(6-3-11)25-15-7-4-12(19)10-14(15)20-18(22)16-8-9-17(26-16)21(23)24/h2-10H,1H3,(H,20,22). The largest absolute Gasteiger partial charge is 0.455 e. The highest BCUT2D eigenvalue weighted by Crippen LogP contribution is 2.32. The van der Waals surface area contributed by atoms with Gasteiger partial charge in [-0.1, -0.05) is 29.3 Å². The summed E-state index contributed by atoms with van der Waals surface area (Å²) in [5, 5.41) is 13.6. The molecular weight excluding hydrogens is 360 g/mol. The number of ether oxygens (including phenoxy) is 1. The number of anilines is 1. The molecule has 8 heteroatoms. The highest BCUT2D eigenvalue weighted by Gasteiger charge is 2.19. The van der Waals surface area contributed by atoms with Gasteiger partial charge in [-0.3, -0.25) is 14.9 Å². The van der Waals surface area contributed by atoms with Gasteiger partial charge >= 0.3 is 5.88 Å². The lowest BCUT2D eigenvalue weighted by Gasteiger charge is -2.12. The van der Waals surface area contributed by atoms with Crippen LogP contribution >= 0.6 is 11.6 Å². The molecule has 2 aromatic carbocycles. The molecular formula is C18H13ClN2O5. The van der Waals surface area contributed by atoms with Crippen LogP contribution in [0, 0.1) is 17.0 Å². The van der Waals surface area contributed by atoms with E-state index in [0.29, 0.717) is 22.2 Å². The molecule has 0 aliphatic rings. The molecule has 0 unspecified atom stereocenters. The van der Waals surface area contributed by atoms with Crippen molar-refractivity contribution in [1.29, 1.82) is 0 Å². The van der Waals surface area contributed by atoms with E-state index in [1.807, 2.05) is 19.1 Å². The van der Waals surface area contributed by atoms with Gasteiger partial charge in [-0.2, -0.15) is 0 Å². The van der Waals surface area contributed by atoms with Crippen molar-refractivity contribution in [3.05, 3.63) is 81.1 Å². The minimum atomic E-state index is -0.720. The van der Waals surface area contributed by atoms with Gasteiger partial charge in [-0.25, -0.2) is 0 Å². The first kappa shape index (κ1) is 17.5. The summed E-state index contributed by atoms with van der Waals surface area (Å²) < 4.78 is 10.7. The number of nitrogens with one attached hydrogen (secondary N) is 1. The van der Waals surface area contributed by atoms with Crippen molar-refractivity contribution >= 4 is 29.1 Å². The summed E-state index contributed by atoms with van der Waals surface area (Å²) in [6.45, 7) is 1.96. The first-order valence-corrected chi connectivity index (χ1v) is 7.90. The second-order valence-corrected chi connectivity index (χ2v) is 5.84. The third-order valence-corrected chi connectivity index (χ3v) is 3.67. The first-order valence-electron chi connectivity index (χ1n) is 7.52. The van der Waals surface area contributed by atoms with Crippen molar-refractivity contribution < 1.29 is 18.9 Å². The van der Waals surface area contributed by atoms with Gasteiger partial charge < -0.3 is 14.5 Å². The van der Waals surface area contributed by atoms with Crippen molar-refractivity contribution in [2.24, 2.45) is 0 Å². The maximum atomic E-state index is 12.3. The Morgan fingerprint density at radius 1 is 1.15 bits per heavy atom. The summed E-state index contributed by atoms with van der Waals surface area (Å²) >= 11 is 6.00. The highest BCUT2D eigenvalue weighted by atomic mass is 35.5. The van der Waals surface area contributed by atoms with Crippen LogP contribution in [-0.2, 0) is 0 Å². The minimum absolute atomic E-state index is 0.196. The molecule has 0 saturated heterocycles. The van der Waals surface area contributed by atoms with E-state index in [0.717, 1.165) is 11.6 Å². The second kappa shape index (κ2) is 7.28. The van der Waals surface area contributed by atoms with Crippen LogP contribution in [0.15, 0.2) is 59.0 Å². The number of nitro groups is 1. The number of rotatable bonds is 5. The Hall–Kier alpha value is -3.32. The lowest BCUT2D eigenvalue weighted by Crippen LogP contribution is -2.11. The lowest BCUT2D eigenvalue weighted by atomic mass is 10.2. The molecule has 0 spiro atoms. The van der Waals surface area contributed by atoms with Crippen LogP contribution in [0.2, 0.25) is 5.02 Å². The number of benzene rings is 2. The smallest absolute Gasteiger partial charge is 0.433 e. The number of halogens is 1. The van der Waals surface area contributed by atoms with E-state index in [9.17, 15) is 14.9 Å². The molecule has 1 aromatic heterocycles. The normalized spacial score (nSPS) is 10.4. The Balaban J connectivity index is 1.84. The van der Waals surface area contributed by atoms with Crippen LogP contribution < -0.4 is 10.1 Å².